The van der Waals surface area contributed by atoms with Crippen molar-refractivity contribution in [2.45, 2.75) is 30.6 Å². The number of nitrogens with one attached hydrogen (secondary N) is 1. The highest BCUT2D eigenvalue weighted by Gasteiger charge is 2.20. The molecule has 1 saturated heterocycles. The maximum atomic E-state index is 12.5. The summed E-state index contributed by atoms with van der Waals surface area (Å²) in [4.78, 5) is 15.7. The number of H-pyrrole nitrogens is 1. The minimum absolute atomic E-state index is 0.0594. The maximum Gasteiger partial charge on any atom is 0.209 e. The van der Waals surface area contributed by atoms with Crippen LogP contribution in [0.1, 0.15) is 23.2 Å². The molecule has 1 aliphatic rings. The molecule has 3 aromatic rings. The molecular formula is C16H17N5O2S. The number of nitrogens with zero attached hydrogens (tertiary/aromatic N) is 4. The van der Waals surface area contributed by atoms with Gasteiger partial charge in [0, 0.05) is 29.3 Å². The van der Waals surface area contributed by atoms with Gasteiger partial charge in [-0.3, -0.25) is 4.79 Å². The van der Waals surface area contributed by atoms with Crippen LogP contribution in [0, 0.1) is 0 Å². The van der Waals surface area contributed by atoms with Gasteiger partial charge in [0.1, 0.15) is 0 Å². The van der Waals surface area contributed by atoms with E-state index in [1.165, 1.54) is 11.8 Å². The lowest BCUT2D eigenvalue weighted by molar-refractivity contribution is 0.0912. The average molecular weight is 343 g/mol. The summed E-state index contributed by atoms with van der Waals surface area (Å²) in [6.45, 7) is 1.44. The number of aromatic nitrogens is 5. The molecule has 0 aliphatic carbocycles. The van der Waals surface area contributed by atoms with Gasteiger partial charge >= 0.3 is 0 Å². The van der Waals surface area contributed by atoms with Gasteiger partial charge in [-0.05, 0) is 29.3 Å². The van der Waals surface area contributed by atoms with Gasteiger partial charge in [-0.2, -0.15) is 0 Å². The number of Topliss-reactive ketones (excluding diaryl/α,β-unsaturated/α-hetero) is 1. The lowest BCUT2D eigenvalue weighted by Crippen LogP contribution is -2.17. The Morgan fingerprint density at radius 1 is 1.42 bits per heavy atom. The van der Waals surface area contributed by atoms with Crippen LogP contribution in [0.2, 0.25) is 0 Å². The average Bonchev–Trinajstić information content (AvgIpc) is 3.34. The fraction of sp³-hybridized carbons (Fsp3) is 0.375. The van der Waals surface area contributed by atoms with E-state index in [0.29, 0.717) is 23.0 Å². The van der Waals surface area contributed by atoms with E-state index in [9.17, 15) is 4.79 Å². The topological polar surface area (TPSA) is 85.7 Å². The van der Waals surface area contributed by atoms with E-state index in [-0.39, 0.29) is 11.9 Å². The van der Waals surface area contributed by atoms with Crippen molar-refractivity contribution in [3.63, 3.8) is 0 Å². The molecule has 1 aromatic carbocycles. The number of ketones is 1. The summed E-state index contributed by atoms with van der Waals surface area (Å²) in [7, 11) is 0. The van der Waals surface area contributed by atoms with Crippen LogP contribution in [-0.4, -0.2) is 49.4 Å². The number of tetrazole rings is 1. The Morgan fingerprint density at radius 2 is 2.33 bits per heavy atom. The first-order chi connectivity index (χ1) is 11.8. The van der Waals surface area contributed by atoms with Gasteiger partial charge in [0.2, 0.25) is 5.16 Å². The van der Waals surface area contributed by atoms with E-state index in [1.54, 1.807) is 10.9 Å². The van der Waals surface area contributed by atoms with Crippen LogP contribution in [0.5, 0.6) is 0 Å². The molecule has 1 atom stereocenters. The standard InChI is InChI=1S/C16H17N5O2S/c22-15(13-8-17-14-6-2-1-5-12(13)14)10-24-16-18-19-20-21(16)9-11-4-3-7-23-11/h1-2,5-6,8,11,17H,3-4,7,9-10H2/t11-/m0/s1. The molecule has 0 spiro atoms. The number of carbonyl (C=O) groups excluding carboxylic acids is 1. The predicted octanol–water partition coefficient (Wildman–Crippen LogP) is 2.31. The molecule has 0 radical (unpaired) electrons. The molecule has 124 valence electrons. The molecular weight excluding hydrogens is 326 g/mol. The predicted molar refractivity (Wildman–Crippen MR) is 90.1 cm³/mol. The Balaban J connectivity index is 1.43. The zero-order chi connectivity index (χ0) is 16.4. The fourth-order valence-electron chi connectivity index (χ4n) is 2.91. The van der Waals surface area contributed by atoms with E-state index < -0.39 is 0 Å². The molecule has 1 fully saturated rings. The zero-order valence-corrected chi connectivity index (χ0v) is 13.8. The minimum Gasteiger partial charge on any atom is -0.376 e. The van der Waals surface area contributed by atoms with Crippen LogP contribution in [0.4, 0.5) is 0 Å². The molecule has 0 unspecified atom stereocenters. The molecule has 7 nitrogen and oxygen atoms in total. The Kier molecular flexibility index (Phi) is 4.31. The van der Waals surface area contributed by atoms with Gasteiger partial charge in [0.15, 0.2) is 5.78 Å². The van der Waals surface area contributed by atoms with Gasteiger partial charge in [-0.25, -0.2) is 4.68 Å². The van der Waals surface area contributed by atoms with Crippen LogP contribution in [0.25, 0.3) is 10.9 Å². The summed E-state index contributed by atoms with van der Waals surface area (Å²) in [5, 5.41) is 13.4. The summed E-state index contributed by atoms with van der Waals surface area (Å²) < 4.78 is 7.34. The number of hydrogen-bond donors (Lipinski definition) is 1. The molecule has 0 amide bonds. The van der Waals surface area contributed by atoms with Crippen LogP contribution >= 0.6 is 11.8 Å². The van der Waals surface area contributed by atoms with E-state index in [4.69, 9.17) is 4.74 Å². The summed E-state index contributed by atoms with van der Waals surface area (Å²) >= 11 is 1.36. The Morgan fingerprint density at radius 3 is 3.21 bits per heavy atom. The lowest BCUT2D eigenvalue weighted by Gasteiger charge is -2.09. The maximum absolute atomic E-state index is 12.5. The van der Waals surface area contributed by atoms with Gasteiger partial charge in [-0.1, -0.05) is 30.0 Å². The Bertz CT molecular complexity index is 853. The molecule has 0 bridgehead atoms. The van der Waals surface area contributed by atoms with Gasteiger partial charge in [0.25, 0.3) is 0 Å². The molecule has 3 heterocycles. The summed E-state index contributed by atoms with van der Waals surface area (Å²) in [6.07, 6.45) is 4.03. The summed E-state index contributed by atoms with van der Waals surface area (Å²) in [5.74, 6) is 0.359. The fourth-order valence-corrected chi connectivity index (χ4v) is 3.68. The van der Waals surface area contributed by atoms with E-state index in [0.717, 1.165) is 30.4 Å². The second kappa shape index (κ2) is 6.74. The monoisotopic (exact) mass is 343 g/mol. The van der Waals surface area contributed by atoms with Crippen molar-refractivity contribution in [3.8, 4) is 0 Å². The largest absolute Gasteiger partial charge is 0.376 e. The van der Waals surface area contributed by atoms with Crippen LogP contribution in [0.3, 0.4) is 0 Å². The van der Waals surface area contributed by atoms with Crippen molar-refractivity contribution in [2.24, 2.45) is 0 Å². The molecule has 0 saturated carbocycles. The van der Waals surface area contributed by atoms with Crippen molar-refractivity contribution in [3.05, 3.63) is 36.0 Å². The smallest absolute Gasteiger partial charge is 0.209 e. The number of benzene rings is 1. The van der Waals surface area contributed by atoms with Gasteiger partial charge in [0.05, 0.1) is 18.4 Å². The van der Waals surface area contributed by atoms with Crippen molar-refractivity contribution in [1.29, 1.82) is 0 Å². The number of aromatic amines is 1. The number of hydrogen-bond acceptors (Lipinski definition) is 6. The first-order valence-electron chi connectivity index (χ1n) is 7.91. The Labute approximate surface area is 142 Å². The van der Waals surface area contributed by atoms with Crippen molar-refractivity contribution in [1.82, 2.24) is 25.2 Å². The molecule has 1 N–H and O–H groups in total. The highest BCUT2D eigenvalue weighted by atomic mass is 32.2. The molecule has 24 heavy (non-hydrogen) atoms. The number of carbonyl (C=O) groups is 1. The molecule has 1 aliphatic heterocycles. The number of para-hydroxylation sites is 1. The quantitative estimate of drug-likeness (QED) is 0.546. The molecule has 2 aromatic heterocycles. The molecule has 4 rings (SSSR count). The van der Waals surface area contributed by atoms with E-state index in [2.05, 4.69) is 20.5 Å². The van der Waals surface area contributed by atoms with Gasteiger partial charge in [-0.15, -0.1) is 5.10 Å². The highest BCUT2D eigenvalue weighted by molar-refractivity contribution is 7.99. The van der Waals surface area contributed by atoms with Crippen LogP contribution in [-0.2, 0) is 11.3 Å². The lowest BCUT2D eigenvalue weighted by atomic mass is 10.1. The van der Waals surface area contributed by atoms with E-state index in [1.807, 2.05) is 24.3 Å². The van der Waals surface area contributed by atoms with Crippen LogP contribution in [0.15, 0.2) is 35.6 Å². The summed E-state index contributed by atoms with van der Waals surface area (Å²) in [5.41, 5.74) is 1.67. The molecule has 8 heteroatoms. The second-order valence-electron chi connectivity index (χ2n) is 5.74. The third kappa shape index (κ3) is 3.07. The first kappa shape index (κ1) is 15.3. The van der Waals surface area contributed by atoms with Crippen molar-refractivity contribution in [2.75, 3.05) is 12.4 Å². The number of thioether (sulfide) groups is 1. The van der Waals surface area contributed by atoms with Crippen LogP contribution < -0.4 is 0 Å². The number of rotatable bonds is 6. The second-order valence-corrected chi connectivity index (χ2v) is 6.68. The zero-order valence-electron chi connectivity index (χ0n) is 13.0. The number of fused-ring (bicyclic) bond motifs is 1. The highest BCUT2D eigenvalue weighted by Crippen LogP contribution is 2.22. The van der Waals surface area contributed by atoms with Crippen molar-refractivity contribution >= 4 is 28.4 Å². The third-order valence-corrected chi connectivity index (χ3v) is 5.08. The van der Waals surface area contributed by atoms with Crippen molar-refractivity contribution < 1.29 is 9.53 Å². The number of ether oxygens (including phenoxy) is 1. The minimum atomic E-state index is 0.0594. The van der Waals surface area contributed by atoms with E-state index >= 15 is 0 Å². The van der Waals surface area contributed by atoms with Gasteiger partial charge < -0.3 is 9.72 Å². The third-order valence-electron chi connectivity index (χ3n) is 4.12. The summed E-state index contributed by atoms with van der Waals surface area (Å²) in [6, 6.07) is 7.79. The Hall–Kier alpha value is -2.19. The normalized spacial score (nSPS) is 17.6. The first-order valence-corrected chi connectivity index (χ1v) is 8.90. The SMILES string of the molecule is O=C(CSc1nnnn1C[C@@H]1CCCO1)c1c[nH]c2ccccc12.